The van der Waals surface area contributed by atoms with Crippen molar-refractivity contribution in [2.24, 2.45) is 0 Å². The Balaban J connectivity index is 1.72. The minimum absolute atomic E-state index is 0.266. The molecule has 0 bridgehead atoms. The van der Waals surface area contributed by atoms with Gasteiger partial charge in [-0.1, -0.05) is 36.7 Å². The fourth-order valence-electron chi connectivity index (χ4n) is 2.26. The molecule has 0 saturated heterocycles. The van der Waals surface area contributed by atoms with E-state index < -0.39 is 0 Å². The van der Waals surface area contributed by atoms with Crippen molar-refractivity contribution in [1.82, 2.24) is 9.97 Å². The number of anilines is 3. The number of halogens is 1. The highest BCUT2D eigenvalue weighted by Crippen LogP contribution is 2.17. The smallest absolute Gasteiger partial charge is 0.274 e. The molecule has 0 atom stereocenters. The molecule has 0 spiro atoms. The number of rotatable bonds is 5. The molecule has 0 aliphatic heterocycles. The van der Waals surface area contributed by atoms with Crippen molar-refractivity contribution in [3.05, 3.63) is 77.1 Å². The predicted molar refractivity (Wildman–Crippen MR) is 101 cm³/mol. The summed E-state index contributed by atoms with van der Waals surface area (Å²) in [5, 5.41) is 6.42. The van der Waals surface area contributed by atoms with E-state index in [9.17, 15) is 4.79 Å². The quantitative estimate of drug-likeness (QED) is 0.699. The lowest BCUT2D eigenvalue weighted by Crippen LogP contribution is -2.14. The van der Waals surface area contributed by atoms with E-state index in [1.807, 2.05) is 24.3 Å². The molecule has 25 heavy (non-hydrogen) atoms. The lowest BCUT2D eigenvalue weighted by molar-refractivity contribution is 0.102. The predicted octanol–water partition coefficient (Wildman–Crippen LogP) is 4.69. The second kappa shape index (κ2) is 7.77. The van der Waals surface area contributed by atoms with Crippen molar-refractivity contribution >= 4 is 34.8 Å². The number of carbonyl (C=O) groups is 1. The molecule has 6 heteroatoms. The van der Waals surface area contributed by atoms with Crippen LogP contribution in [-0.4, -0.2) is 15.9 Å². The maximum absolute atomic E-state index is 12.3. The van der Waals surface area contributed by atoms with Crippen LogP contribution in [0.3, 0.4) is 0 Å². The first-order chi connectivity index (χ1) is 12.1. The molecular formula is C19H17ClN4O. The standard InChI is InChI=1S/C19H17ClN4O/c1-2-13-6-8-15(9-7-13)23-19-21-11-10-17(24-19)18(25)22-16-5-3-4-14(20)12-16/h3-12H,2H2,1H3,(H,22,25)(H,21,23,24). The average molecular weight is 353 g/mol. The SMILES string of the molecule is CCc1ccc(Nc2nccc(C(=O)Nc3cccc(Cl)c3)n2)cc1. The molecule has 1 amide bonds. The summed E-state index contributed by atoms with van der Waals surface area (Å²) in [5.41, 5.74) is 2.99. The highest BCUT2D eigenvalue weighted by atomic mass is 35.5. The van der Waals surface area contributed by atoms with E-state index in [2.05, 4.69) is 27.5 Å². The summed E-state index contributed by atoms with van der Waals surface area (Å²) >= 11 is 5.92. The third kappa shape index (κ3) is 4.55. The molecule has 126 valence electrons. The Hall–Kier alpha value is -2.92. The summed E-state index contributed by atoms with van der Waals surface area (Å²) in [5.74, 6) is 0.0389. The van der Waals surface area contributed by atoms with Gasteiger partial charge in [0, 0.05) is 22.6 Å². The summed E-state index contributed by atoms with van der Waals surface area (Å²) < 4.78 is 0. The zero-order valence-corrected chi connectivity index (χ0v) is 14.4. The number of nitrogens with one attached hydrogen (secondary N) is 2. The van der Waals surface area contributed by atoms with Gasteiger partial charge in [0.15, 0.2) is 0 Å². The largest absolute Gasteiger partial charge is 0.324 e. The van der Waals surface area contributed by atoms with Crippen molar-refractivity contribution in [3.63, 3.8) is 0 Å². The molecule has 5 nitrogen and oxygen atoms in total. The van der Waals surface area contributed by atoms with Crippen molar-refractivity contribution in [1.29, 1.82) is 0 Å². The van der Waals surface area contributed by atoms with E-state index in [4.69, 9.17) is 11.6 Å². The molecule has 1 aromatic heterocycles. The Morgan fingerprint density at radius 1 is 1.08 bits per heavy atom. The Morgan fingerprint density at radius 2 is 1.88 bits per heavy atom. The summed E-state index contributed by atoms with van der Waals surface area (Å²) in [4.78, 5) is 20.8. The van der Waals surface area contributed by atoms with Crippen LogP contribution >= 0.6 is 11.6 Å². The van der Waals surface area contributed by atoms with Crippen LogP contribution in [0.5, 0.6) is 0 Å². The van der Waals surface area contributed by atoms with Gasteiger partial charge in [0.25, 0.3) is 5.91 Å². The van der Waals surface area contributed by atoms with Crippen molar-refractivity contribution < 1.29 is 4.79 Å². The van der Waals surface area contributed by atoms with Crippen molar-refractivity contribution in [2.45, 2.75) is 13.3 Å². The topological polar surface area (TPSA) is 66.9 Å². The van der Waals surface area contributed by atoms with Gasteiger partial charge in [-0.3, -0.25) is 4.79 Å². The lowest BCUT2D eigenvalue weighted by Gasteiger charge is -2.08. The molecule has 2 aromatic carbocycles. The van der Waals surface area contributed by atoms with Crippen molar-refractivity contribution in [2.75, 3.05) is 10.6 Å². The number of aryl methyl sites for hydroxylation is 1. The van der Waals surface area contributed by atoms with E-state index in [0.29, 0.717) is 16.7 Å². The monoisotopic (exact) mass is 352 g/mol. The number of nitrogens with zero attached hydrogens (tertiary/aromatic N) is 2. The minimum Gasteiger partial charge on any atom is -0.324 e. The third-order valence-corrected chi connectivity index (χ3v) is 3.82. The van der Waals surface area contributed by atoms with E-state index in [0.717, 1.165) is 12.1 Å². The highest BCUT2D eigenvalue weighted by Gasteiger charge is 2.09. The van der Waals surface area contributed by atoms with Crippen LogP contribution in [0.1, 0.15) is 23.0 Å². The molecule has 0 aliphatic carbocycles. The van der Waals surface area contributed by atoms with Crippen molar-refractivity contribution in [3.8, 4) is 0 Å². The van der Waals surface area contributed by atoms with E-state index in [1.54, 1.807) is 36.5 Å². The molecule has 0 saturated carbocycles. The molecule has 2 N–H and O–H groups in total. The molecular weight excluding hydrogens is 336 g/mol. The van der Waals surface area contributed by atoms with Gasteiger partial charge >= 0.3 is 0 Å². The fraction of sp³-hybridized carbons (Fsp3) is 0.105. The summed E-state index contributed by atoms with van der Waals surface area (Å²) in [6, 6.07) is 16.5. The molecule has 0 radical (unpaired) electrons. The van der Waals surface area contributed by atoms with Crippen LogP contribution in [0.15, 0.2) is 60.8 Å². The zero-order chi connectivity index (χ0) is 17.6. The van der Waals surface area contributed by atoms with E-state index in [1.165, 1.54) is 5.56 Å². The van der Waals surface area contributed by atoms with Gasteiger partial charge in [-0.15, -0.1) is 0 Å². The van der Waals surface area contributed by atoms with Gasteiger partial charge in [-0.25, -0.2) is 9.97 Å². The van der Waals surface area contributed by atoms with Gasteiger partial charge in [0.1, 0.15) is 5.69 Å². The number of amides is 1. The second-order valence-electron chi connectivity index (χ2n) is 5.41. The summed E-state index contributed by atoms with van der Waals surface area (Å²) in [6.07, 6.45) is 2.53. The maximum atomic E-state index is 12.3. The molecule has 3 aromatic rings. The van der Waals surface area contributed by atoms with E-state index in [-0.39, 0.29) is 11.6 Å². The Bertz CT molecular complexity index is 881. The molecule has 0 aliphatic rings. The first kappa shape index (κ1) is 16.9. The van der Waals surface area contributed by atoms with Gasteiger partial charge in [0.05, 0.1) is 0 Å². The zero-order valence-electron chi connectivity index (χ0n) is 13.7. The molecule has 0 unspecified atom stereocenters. The number of carbonyl (C=O) groups excluding carboxylic acids is 1. The molecule has 1 heterocycles. The van der Waals surface area contributed by atoms with Crippen LogP contribution in [-0.2, 0) is 6.42 Å². The van der Waals surface area contributed by atoms with Crippen LogP contribution < -0.4 is 10.6 Å². The summed E-state index contributed by atoms with van der Waals surface area (Å²) in [7, 11) is 0. The van der Waals surface area contributed by atoms with Crippen LogP contribution in [0.25, 0.3) is 0 Å². The molecule has 3 rings (SSSR count). The van der Waals surface area contributed by atoms with Gasteiger partial charge in [0.2, 0.25) is 5.95 Å². The van der Waals surface area contributed by atoms with E-state index >= 15 is 0 Å². The summed E-state index contributed by atoms with van der Waals surface area (Å²) in [6.45, 7) is 2.10. The highest BCUT2D eigenvalue weighted by molar-refractivity contribution is 6.30. The van der Waals surface area contributed by atoms with Crippen LogP contribution in [0, 0.1) is 0 Å². The minimum atomic E-state index is -0.325. The number of aromatic nitrogens is 2. The fourth-order valence-corrected chi connectivity index (χ4v) is 2.45. The molecule has 0 fully saturated rings. The number of hydrogen-bond donors (Lipinski definition) is 2. The van der Waals surface area contributed by atoms with Crippen LogP contribution in [0.4, 0.5) is 17.3 Å². The number of hydrogen-bond acceptors (Lipinski definition) is 4. The Labute approximate surface area is 151 Å². The van der Waals surface area contributed by atoms with Gasteiger partial charge in [-0.2, -0.15) is 0 Å². The third-order valence-electron chi connectivity index (χ3n) is 3.59. The lowest BCUT2D eigenvalue weighted by atomic mass is 10.1. The average Bonchev–Trinajstić information content (AvgIpc) is 2.62. The first-order valence-corrected chi connectivity index (χ1v) is 8.28. The second-order valence-corrected chi connectivity index (χ2v) is 5.84. The number of benzene rings is 2. The Kier molecular flexibility index (Phi) is 5.26. The van der Waals surface area contributed by atoms with Gasteiger partial charge in [-0.05, 0) is 48.4 Å². The maximum Gasteiger partial charge on any atom is 0.274 e. The van der Waals surface area contributed by atoms with Crippen LogP contribution in [0.2, 0.25) is 5.02 Å². The Morgan fingerprint density at radius 3 is 2.60 bits per heavy atom. The van der Waals surface area contributed by atoms with Gasteiger partial charge < -0.3 is 10.6 Å². The first-order valence-electron chi connectivity index (χ1n) is 7.90. The normalized spacial score (nSPS) is 10.3.